The molecule has 0 aliphatic rings. The fourth-order valence-electron chi connectivity index (χ4n) is 7.86. The number of carbonyl (C=O) groups is 2. The molecule has 0 rings (SSSR count). The number of carboxylic acid groups (broad SMARTS) is 1. The average molecular weight is 793 g/mol. The van der Waals surface area contributed by atoms with Crippen LogP contribution in [0.2, 0.25) is 0 Å². The van der Waals surface area contributed by atoms with Gasteiger partial charge in [-0.3, -0.25) is 9.59 Å². The Bertz CT molecular complexity index is 777. The van der Waals surface area contributed by atoms with E-state index in [0.717, 1.165) is 50.4 Å². The second kappa shape index (κ2) is 46.6. The lowest BCUT2D eigenvalue weighted by atomic mass is 9.89. The maximum Gasteiger partial charge on any atom is 0.306 e. The third kappa shape index (κ3) is 49.1. The first kappa shape index (κ1) is 57.0. The molecule has 2 atom stereocenters. The molecule has 0 aromatic carbocycles. The topological polar surface area (TPSA) is 63.6 Å². The number of ether oxygens (including phenoxy) is 1. The van der Waals surface area contributed by atoms with E-state index >= 15 is 0 Å². The van der Waals surface area contributed by atoms with Crippen molar-refractivity contribution in [1.29, 1.82) is 0 Å². The van der Waals surface area contributed by atoms with Crippen molar-refractivity contribution in [3.05, 3.63) is 0 Å². The van der Waals surface area contributed by atoms with Gasteiger partial charge in [-0.25, -0.2) is 0 Å². The number of carbonyl (C=O) groups excluding carboxylic acids is 1. The van der Waals surface area contributed by atoms with Crippen LogP contribution in [-0.2, 0) is 14.3 Å². The molecular formula is C52H104O4. The molecule has 56 heavy (non-hydrogen) atoms. The van der Waals surface area contributed by atoms with Crippen LogP contribution in [0.15, 0.2) is 0 Å². The molecular weight excluding hydrogens is 689 g/mol. The van der Waals surface area contributed by atoms with Gasteiger partial charge in [-0.15, -0.1) is 0 Å². The van der Waals surface area contributed by atoms with Gasteiger partial charge in [0, 0.05) is 6.42 Å². The second-order valence-corrected chi connectivity index (χ2v) is 18.9. The molecule has 4 heteroatoms. The minimum Gasteiger partial charge on any atom is -0.481 e. The van der Waals surface area contributed by atoms with E-state index < -0.39 is 5.97 Å². The van der Waals surface area contributed by atoms with Crippen LogP contribution in [0.3, 0.4) is 0 Å². The van der Waals surface area contributed by atoms with E-state index in [-0.39, 0.29) is 11.9 Å². The third-order valence-electron chi connectivity index (χ3n) is 11.9. The lowest BCUT2D eigenvalue weighted by Gasteiger charge is -2.16. The summed E-state index contributed by atoms with van der Waals surface area (Å²) in [6, 6.07) is 0. The number of carboxylic acids is 1. The van der Waals surface area contributed by atoms with Crippen molar-refractivity contribution in [2.24, 2.45) is 23.7 Å². The van der Waals surface area contributed by atoms with Crippen LogP contribution in [0.4, 0.5) is 0 Å². The van der Waals surface area contributed by atoms with Gasteiger partial charge in [-0.1, -0.05) is 254 Å². The van der Waals surface area contributed by atoms with Crippen LogP contribution in [0.5, 0.6) is 0 Å². The first-order valence-electron chi connectivity index (χ1n) is 25.5. The molecule has 0 heterocycles. The highest BCUT2D eigenvalue weighted by Crippen LogP contribution is 2.23. The van der Waals surface area contributed by atoms with Crippen molar-refractivity contribution in [3.63, 3.8) is 0 Å². The van der Waals surface area contributed by atoms with Gasteiger partial charge < -0.3 is 9.84 Å². The Morgan fingerprint density at radius 2 is 0.750 bits per heavy atom. The number of rotatable bonds is 43. The summed E-state index contributed by atoms with van der Waals surface area (Å²) < 4.78 is 5.35. The zero-order valence-corrected chi connectivity index (χ0v) is 39.6. The van der Waals surface area contributed by atoms with Crippen molar-refractivity contribution < 1.29 is 19.4 Å². The lowest BCUT2D eigenvalue weighted by molar-refractivity contribution is -0.144. The van der Waals surface area contributed by atoms with E-state index in [2.05, 4.69) is 48.5 Å². The molecule has 0 saturated heterocycles. The first-order chi connectivity index (χ1) is 27.1. The number of hydrogen-bond donors (Lipinski definition) is 1. The predicted octanol–water partition coefficient (Wildman–Crippen LogP) is 18.0. The monoisotopic (exact) mass is 793 g/mol. The number of esters is 1. The van der Waals surface area contributed by atoms with Gasteiger partial charge in [0.2, 0.25) is 0 Å². The second-order valence-electron chi connectivity index (χ2n) is 18.9. The van der Waals surface area contributed by atoms with Crippen molar-refractivity contribution >= 4 is 11.9 Å². The highest BCUT2D eigenvalue weighted by Gasteiger charge is 2.18. The van der Waals surface area contributed by atoms with Crippen molar-refractivity contribution in [2.45, 2.75) is 292 Å². The Kier molecular flexibility index (Phi) is 47.5. The van der Waals surface area contributed by atoms with E-state index in [0.29, 0.717) is 18.9 Å². The Hall–Kier alpha value is -1.06. The summed E-state index contributed by atoms with van der Waals surface area (Å²) in [5, 5.41) is 9.51. The molecule has 0 spiro atoms. The van der Waals surface area contributed by atoms with Gasteiger partial charge in [0.15, 0.2) is 0 Å². The van der Waals surface area contributed by atoms with E-state index in [4.69, 9.17) is 4.74 Å². The van der Waals surface area contributed by atoms with E-state index in [1.165, 1.54) is 199 Å². The fourth-order valence-corrected chi connectivity index (χ4v) is 7.86. The first-order valence-corrected chi connectivity index (χ1v) is 25.5. The maximum absolute atomic E-state index is 11.7. The standard InChI is InChI=1S/2C26H52O2/c1-5-6-7-8-9-10-11-12-13-14-15-16-20-25(26(27)28)22-21-24(4)19-17-18-23(2)3;1-4-5-6-7-8-9-10-11-12-13-14-17-20-23-26(27)28-24-21-18-15-16-19-22-25(2)3/h23-25H,5-22H2,1-4H3,(H,27,28);25H,4-24H2,1-3H3. The molecule has 0 aromatic heterocycles. The van der Waals surface area contributed by atoms with Gasteiger partial charge >= 0.3 is 11.9 Å². The zero-order valence-electron chi connectivity index (χ0n) is 39.6. The van der Waals surface area contributed by atoms with Crippen LogP contribution >= 0.6 is 0 Å². The highest BCUT2D eigenvalue weighted by molar-refractivity contribution is 5.70. The molecule has 0 aliphatic heterocycles. The molecule has 2 unspecified atom stereocenters. The van der Waals surface area contributed by atoms with Crippen LogP contribution in [0, 0.1) is 23.7 Å². The summed E-state index contributed by atoms with van der Waals surface area (Å²) in [7, 11) is 0. The van der Waals surface area contributed by atoms with E-state index in [1.807, 2.05) is 0 Å². The SMILES string of the molecule is CCCCCCCCCCCCCCC(CCC(C)CCCC(C)C)C(=O)O.CCCCCCCCCCCCCCCC(=O)OCCCCCCCC(C)C. The summed E-state index contributed by atoms with van der Waals surface area (Å²) in [5.74, 6) is 1.61. The quantitative estimate of drug-likeness (QED) is 0.0493. The summed E-state index contributed by atoms with van der Waals surface area (Å²) in [4.78, 5) is 23.3. The molecule has 336 valence electrons. The van der Waals surface area contributed by atoms with Crippen LogP contribution in [0.25, 0.3) is 0 Å². The molecule has 0 saturated carbocycles. The summed E-state index contributed by atoms with van der Waals surface area (Å²) >= 11 is 0. The van der Waals surface area contributed by atoms with Crippen LogP contribution in [0.1, 0.15) is 292 Å². The fraction of sp³-hybridized carbons (Fsp3) is 0.962. The lowest BCUT2D eigenvalue weighted by Crippen LogP contribution is -2.15. The van der Waals surface area contributed by atoms with Gasteiger partial charge in [0.25, 0.3) is 0 Å². The van der Waals surface area contributed by atoms with Crippen LogP contribution in [-0.4, -0.2) is 23.7 Å². The van der Waals surface area contributed by atoms with Crippen molar-refractivity contribution in [2.75, 3.05) is 6.61 Å². The minimum atomic E-state index is -0.572. The molecule has 1 N–H and O–H groups in total. The Balaban J connectivity index is 0. The van der Waals surface area contributed by atoms with Crippen LogP contribution < -0.4 is 0 Å². The zero-order chi connectivity index (χ0) is 41.7. The molecule has 0 bridgehead atoms. The smallest absolute Gasteiger partial charge is 0.306 e. The van der Waals surface area contributed by atoms with E-state index in [1.54, 1.807) is 0 Å². The average Bonchev–Trinajstić information content (AvgIpc) is 3.16. The molecule has 0 aromatic rings. The number of unbranched alkanes of at least 4 members (excludes halogenated alkanes) is 27. The van der Waals surface area contributed by atoms with Crippen molar-refractivity contribution in [1.82, 2.24) is 0 Å². The largest absolute Gasteiger partial charge is 0.481 e. The summed E-state index contributed by atoms with van der Waals surface area (Å²) in [5.41, 5.74) is 0. The Morgan fingerprint density at radius 3 is 1.16 bits per heavy atom. The maximum atomic E-state index is 11.7. The molecule has 0 amide bonds. The normalized spacial score (nSPS) is 12.5. The van der Waals surface area contributed by atoms with E-state index in [9.17, 15) is 14.7 Å². The number of hydrogen-bond acceptors (Lipinski definition) is 3. The molecule has 0 fully saturated rings. The highest BCUT2D eigenvalue weighted by atomic mass is 16.5. The molecule has 0 aliphatic carbocycles. The molecule has 0 radical (unpaired) electrons. The Labute approximate surface area is 353 Å². The van der Waals surface area contributed by atoms with Gasteiger partial charge in [-0.2, -0.15) is 0 Å². The van der Waals surface area contributed by atoms with Gasteiger partial charge in [-0.05, 0) is 49.9 Å². The van der Waals surface area contributed by atoms with Crippen molar-refractivity contribution in [3.8, 4) is 0 Å². The van der Waals surface area contributed by atoms with Gasteiger partial charge in [0.05, 0.1) is 12.5 Å². The predicted molar refractivity (Wildman–Crippen MR) is 248 cm³/mol. The molecule has 4 nitrogen and oxygen atoms in total. The number of aliphatic carboxylic acids is 1. The summed E-state index contributed by atoms with van der Waals surface area (Å²) in [6.07, 6.45) is 48.3. The van der Waals surface area contributed by atoms with Gasteiger partial charge in [0.1, 0.15) is 0 Å². The summed E-state index contributed by atoms with van der Waals surface area (Å²) in [6.45, 7) is 16.6. The Morgan fingerprint density at radius 1 is 0.393 bits per heavy atom. The minimum absolute atomic E-state index is 0.0166. The third-order valence-corrected chi connectivity index (χ3v) is 11.9.